The van der Waals surface area contributed by atoms with Gasteiger partial charge in [-0.1, -0.05) is 37.6 Å². The van der Waals surface area contributed by atoms with Crippen molar-refractivity contribution in [3.05, 3.63) is 35.4 Å². The SMILES string of the molecule is CCCCOC(=O)CNCc1ccccc1COC. The summed E-state index contributed by atoms with van der Waals surface area (Å²) in [6.45, 7) is 4.04. The minimum atomic E-state index is -0.197. The molecular weight excluding hydrogens is 242 g/mol. The quantitative estimate of drug-likeness (QED) is 0.549. The molecule has 1 aromatic rings. The van der Waals surface area contributed by atoms with E-state index in [2.05, 4.69) is 12.2 Å². The first-order valence-corrected chi connectivity index (χ1v) is 6.70. The number of benzene rings is 1. The molecule has 0 aliphatic heterocycles. The van der Waals surface area contributed by atoms with E-state index in [-0.39, 0.29) is 12.5 Å². The molecule has 4 nitrogen and oxygen atoms in total. The highest BCUT2D eigenvalue weighted by Crippen LogP contribution is 2.09. The lowest BCUT2D eigenvalue weighted by Crippen LogP contribution is -2.25. The van der Waals surface area contributed by atoms with Gasteiger partial charge in [0.1, 0.15) is 0 Å². The molecule has 0 unspecified atom stereocenters. The summed E-state index contributed by atoms with van der Waals surface area (Å²) in [5.74, 6) is -0.197. The number of hydrogen-bond donors (Lipinski definition) is 1. The van der Waals surface area contributed by atoms with Gasteiger partial charge >= 0.3 is 5.97 Å². The Bertz CT molecular complexity index is 379. The molecule has 0 heterocycles. The predicted molar refractivity (Wildman–Crippen MR) is 74.7 cm³/mol. The second-order valence-corrected chi connectivity index (χ2v) is 4.38. The van der Waals surface area contributed by atoms with Gasteiger partial charge in [0.2, 0.25) is 0 Å². The number of carbonyl (C=O) groups excluding carboxylic acids is 1. The first-order chi connectivity index (χ1) is 9.27. The Morgan fingerprint density at radius 1 is 1.26 bits per heavy atom. The van der Waals surface area contributed by atoms with Gasteiger partial charge in [-0.2, -0.15) is 0 Å². The Morgan fingerprint density at radius 2 is 2.00 bits per heavy atom. The molecule has 4 heteroatoms. The third-order valence-electron chi connectivity index (χ3n) is 2.76. The van der Waals surface area contributed by atoms with Crippen molar-refractivity contribution in [2.24, 2.45) is 0 Å². The molecule has 0 bridgehead atoms. The number of hydrogen-bond acceptors (Lipinski definition) is 4. The zero-order valence-corrected chi connectivity index (χ0v) is 11.8. The van der Waals surface area contributed by atoms with Crippen molar-refractivity contribution < 1.29 is 14.3 Å². The molecule has 1 N–H and O–H groups in total. The molecule has 0 atom stereocenters. The summed E-state index contributed by atoms with van der Waals surface area (Å²) in [4.78, 5) is 11.4. The van der Waals surface area contributed by atoms with Gasteiger partial charge in [0, 0.05) is 13.7 Å². The van der Waals surface area contributed by atoms with Crippen LogP contribution in [-0.4, -0.2) is 26.2 Å². The molecule has 1 rings (SSSR count). The lowest BCUT2D eigenvalue weighted by atomic mass is 10.1. The third kappa shape index (κ3) is 6.36. The molecule has 0 aliphatic rings. The number of ether oxygens (including phenoxy) is 2. The average Bonchev–Trinajstić information content (AvgIpc) is 2.41. The normalized spacial score (nSPS) is 10.4. The monoisotopic (exact) mass is 265 g/mol. The van der Waals surface area contributed by atoms with E-state index in [1.165, 1.54) is 0 Å². The second-order valence-electron chi connectivity index (χ2n) is 4.38. The minimum absolute atomic E-state index is 0.197. The number of methoxy groups -OCH3 is 1. The molecule has 0 amide bonds. The van der Waals surface area contributed by atoms with Crippen molar-refractivity contribution in [3.63, 3.8) is 0 Å². The Balaban J connectivity index is 2.30. The smallest absolute Gasteiger partial charge is 0.319 e. The summed E-state index contributed by atoms with van der Waals surface area (Å²) in [7, 11) is 1.68. The zero-order chi connectivity index (χ0) is 13.9. The Kier molecular flexibility index (Phi) is 7.86. The minimum Gasteiger partial charge on any atom is -0.465 e. The summed E-state index contributed by atoms with van der Waals surface area (Å²) in [6.07, 6.45) is 1.95. The van der Waals surface area contributed by atoms with Crippen LogP contribution in [0.15, 0.2) is 24.3 Å². The summed E-state index contributed by atoms with van der Waals surface area (Å²) in [6, 6.07) is 8.02. The van der Waals surface area contributed by atoms with Gasteiger partial charge in [0.15, 0.2) is 0 Å². The molecule has 0 saturated heterocycles. The van der Waals surface area contributed by atoms with Gasteiger partial charge in [-0.3, -0.25) is 4.79 Å². The molecule has 1 aromatic carbocycles. The summed E-state index contributed by atoms with van der Waals surface area (Å²) >= 11 is 0. The topological polar surface area (TPSA) is 47.6 Å². The molecule has 0 spiro atoms. The lowest BCUT2D eigenvalue weighted by molar-refractivity contribution is -0.142. The van der Waals surface area contributed by atoms with E-state index in [4.69, 9.17) is 9.47 Å². The summed E-state index contributed by atoms with van der Waals surface area (Å²) in [5.41, 5.74) is 2.28. The van der Waals surface area contributed by atoms with Crippen LogP contribution in [0.3, 0.4) is 0 Å². The van der Waals surface area contributed by atoms with Crippen LogP contribution in [0, 0.1) is 0 Å². The fraction of sp³-hybridized carbons (Fsp3) is 0.533. The van der Waals surface area contributed by atoms with Crippen molar-refractivity contribution in [3.8, 4) is 0 Å². The molecule has 106 valence electrons. The fourth-order valence-corrected chi connectivity index (χ4v) is 1.71. The fourth-order valence-electron chi connectivity index (χ4n) is 1.71. The third-order valence-corrected chi connectivity index (χ3v) is 2.76. The number of esters is 1. The number of nitrogens with one attached hydrogen (secondary N) is 1. The lowest BCUT2D eigenvalue weighted by Gasteiger charge is -2.10. The van der Waals surface area contributed by atoms with Crippen LogP contribution in [0.1, 0.15) is 30.9 Å². The first kappa shape index (κ1) is 15.7. The predicted octanol–water partition coefficient (Wildman–Crippen LogP) is 2.27. The highest BCUT2D eigenvalue weighted by atomic mass is 16.5. The van der Waals surface area contributed by atoms with E-state index >= 15 is 0 Å². The van der Waals surface area contributed by atoms with Crippen molar-refractivity contribution >= 4 is 5.97 Å². The maximum absolute atomic E-state index is 11.4. The molecule has 19 heavy (non-hydrogen) atoms. The van der Waals surface area contributed by atoms with Gasteiger partial charge in [-0.15, -0.1) is 0 Å². The highest BCUT2D eigenvalue weighted by molar-refractivity contribution is 5.71. The van der Waals surface area contributed by atoms with Gasteiger partial charge < -0.3 is 14.8 Å². The van der Waals surface area contributed by atoms with Crippen molar-refractivity contribution in [2.45, 2.75) is 32.9 Å². The molecule has 0 aliphatic carbocycles. The highest BCUT2D eigenvalue weighted by Gasteiger charge is 2.04. The number of carbonyl (C=O) groups is 1. The van der Waals surface area contributed by atoms with E-state index in [9.17, 15) is 4.79 Å². The van der Waals surface area contributed by atoms with Gasteiger partial charge in [-0.25, -0.2) is 0 Å². The van der Waals surface area contributed by atoms with Gasteiger partial charge in [-0.05, 0) is 17.5 Å². The largest absolute Gasteiger partial charge is 0.465 e. The van der Waals surface area contributed by atoms with Gasteiger partial charge in [0.25, 0.3) is 0 Å². The van der Waals surface area contributed by atoms with Crippen molar-refractivity contribution in [1.29, 1.82) is 0 Å². The maximum Gasteiger partial charge on any atom is 0.319 e. The maximum atomic E-state index is 11.4. The van der Waals surface area contributed by atoms with Crippen molar-refractivity contribution in [2.75, 3.05) is 20.3 Å². The molecule has 0 aromatic heterocycles. The van der Waals surface area contributed by atoms with Gasteiger partial charge in [0.05, 0.1) is 19.8 Å². The molecule has 0 radical (unpaired) electrons. The van der Waals surface area contributed by atoms with E-state index < -0.39 is 0 Å². The Morgan fingerprint density at radius 3 is 2.68 bits per heavy atom. The average molecular weight is 265 g/mol. The van der Waals surface area contributed by atoms with Crippen LogP contribution in [0.4, 0.5) is 0 Å². The van der Waals surface area contributed by atoms with Crippen LogP contribution in [-0.2, 0) is 27.4 Å². The van der Waals surface area contributed by atoms with E-state index in [1.807, 2.05) is 24.3 Å². The van der Waals surface area contributed by atoms with E-state index in [1.54, 1.807) is 7.11 Å². The summed E-state index contributed by atoms with van der Waals surface area (Å²) in [5, 5.41) is 3.10. The summed E-state index contributed by atoms with van der Waals surface area (Å²) < 4.78 is 10.2. The molecule has 0 fully saturated rings. The van der Waals surface area contributed by atoms with Crippen LogP contribution in [0.5, 0.6) is 0 Å². The standard InChI is InChI=1S/C15H23NO3/c1-3-4-9-19-15(17)11-16-10-13-7-5-6-8-14(13)12-18-2/h5-8,16H,3-4,9-12H2,1-2H3. The number of unbranched alkanes of at least 4 members (excludes halogenated alkanes) is 1. The first-order valence-electron chi connectivity index (χ1n) is 6.70. The van der Waals surface area contributed by atoms with Crippen LogP contribution in [0.25, 0.3) is 0 Å². The zero-order valence-electron chi connectivity index (χ0n) is 11.8. The molecular formula is C15H23NO3. The Hall–Kier alpha value is -1.39. The van der Waals surface area contributed by atoms with E-state index in [0.717, 1.165) is 24.0 Å². The second kappa shape index (κ2) is 9.53. The van der Waals surface area contributed by atoms with Crippen LogP contribution in [0.2, 0.25) is 0 Å². The van der Waals surface area contributed by atoms with Crippen LogP contribution >= 0.6 is 0 Å². The number of rotatable bonds is 9. The van der Waals surface area contributed by atoms with E-state index in [0.29, 0.717) is 19.8 Å². The van der Waals surface area contributed by atoms with Crippen molar-refractivity contribution in [1.82, 2.24) is 5.32 Å². The van der Waals surface area contributed by atoms with Crippen LogP contribution < -0.4 is 5.32 Å². The Labute approximate surface area is 115 Å². The molecule has 0 saturated carbocycles.